The van der Waals surface area contributed by atoms with Crippen LogP contribution in [-0.2, 0) is 22.8 Å². The lowest BCUT2D eigenvalue weighted by Gasteiger charge is -2.32. The van der Waals surface area contributed by atoms with Gasteiger partial charge in [-0.05, 0) is 45.1 Å². The van der Waals surface area contributed by atoms with Crippen molar-refractivity contribution >= 4 is 22.8 Å². The van der Waals surface area contributed by atoms with E-state index in [1.54, 1.807) is 7.11 Å². The van der Waals surface area contributed by atoms with Gasteiger partial charge in [-0.3, -0.25) is 4.79 Å². The van der Waals surface area contributed by atoms with Crippen molar-refractivity contribution in [1.82, 2.24) is 0 Å². The van der Waals surface area contributed by atoms with Gasteiger partial charge >= 0.3 is 14.5 Å². The first kappa shape index (κ1) is 22.8. The van der Waals surface area contributed by atoms with E-state index in [1.807, 2.05) is 0 Å². The highest BCUT2D eigenvalue weighted by molar-refractivity contribution is 6.82. The molecule has 0 aromatic rings. The van der Waals surface area contributed by atoms with E-state index >= 15 is 0 Å². The van der Waals surface area contributed by atoms with Crippen LogP contribution in [0.4, 0.5) is 0 Å². The summed E-state index contributed by atoms with van der Waals surface area (Å²) in [5.74, 6) is -0.115. The van der Waals surface area contributed by atoms with Crippen molar-refractivity contribution in [1.29, 1.82) is 0 Å². The SMILES string of the molecule is CCCCCC(=O)OCCOCCC[Si](C)(C)O[Si](C)(C)OC. The first-order chi connectivity index (χ1) is 10.7. The van der Waals surface area contributed by atoms with Crippen LogP contribution in [0.2, 0.25) is 32.2 Å². The average Bonchev–Trinajstić information content (AvgIpc) is 2.45. The molecule has 0 aromatic carbocycles. The van der Waals surface area contributed by atoms with Crippen LogP contribution < -0.4 is 0 Å². The Hall–Kier alpha value is -0.216. The summed E-state index contributed by atoms with van der Waals surface area (Å²) < 4.78 is 22.3. The molecule has 23 heavy (non-hydrogen) atoms. The highest BCUT2D eigenvalue weighted by Crippen LogP contribution is 2.20. The molecule has 0 saturated heterocycles. The van der Waals surface area contributed by atoms with E-state index in [0.717, 1.165) is 31.7 Å². The Labute approximate surface area is 144 Å². The monoisotopic (exact) mass is 364 g/mol. The molecule has 0 spiro atoms. The molecule has 0 atom stereocenters. The number of hydrogen-bond acceptors (Lipinski definition) is 5. The van der Waals surface area contributed by atoms with Crippen molar-refractivity contribution < 1.29 is 22.8 Å². The van der Waals surface area contributed by atoms with Crippen molar-refractivity contribution in [3.8, 4) is 0 Å². The molecule has 0 aromatic heterocycles. The summed E-state index contributed by atoms with van der Waals surface area (Å²) in [7, 11) is -1.92. The van der Waals surface area contributed by atoms with E-state index in [2.05, 4.69) is 33.1 Å². The molecule has 5 nitrogen and oxygen atoms in total. The molecule has 0 N–H and O–H groups in total. The normalized spacial score (nSPS) is 12.4. The summed E-state index contributed by atoms with van der Waals surface area (Å²) in [5.41, 5.74) is 0. The summed E-state index contributed by atoms with van der Waals surface area (Å²) in [5, 5.41) is 0. The highest BCUT2D eigenvalue weighted by Gasteiger charge is 2.33. The second-order valence-corrected chi connectivity index (χ2v) is 14.9. The summed E-state index contributed by atoms with van der Waals surface area (Å²) in [6.07, 6.45) is 4.60. The average molecular weight is 365 g/mol. The molecule has 0 rings (SSSR count). The zero-order valence-corrected chi connectivity index (χ0v) is 17.9. The Morgan fingerprint density at radius 3 is 2.26 bits per heavy atom. The maximum Gasteiger partial charge on any atom is 0.321 e. The van der Waals surface area contributed by atoms with E-state index < -0.39 is 16.9 Å². The fourth-order valence-electron chi connectivity index (χ4n) is 2.27. The van der Waals surface area contributed by atoms with Gasteiger partial charge in [0.2, 0.25) is 0 Å². The van der Waals surface area contributed by atoms with Crippen LogP contribution in [0.3, 0.4) is 0 Å². The van der Waals surface area contributed by atoms with Crippen molar-refractivity contribution in [2.45, 2.75) is 71.3 Å². The van der Waals surface area contributed by atoms with E-state index in [4.69, 9.17) is 18.0 Å². The topological polar surface area (TPSA) is 54.0 Å². The van der Waals surface area contributed by atoms with Gasteiger partial charge in [0.25, 0.3) is 0 Å². The predicted octanol–water partition coefficient (Wildman–Crippen LogP) is 4.09. The predicted molar refractivity (Wildman–Crippen MR) is 98.4 cm³/mol. The van der Waals surface area contributed by atoms with Crippen molar-refractivity contribution in [2.75, 3.05) is 26.9 Å². The third kappa shape index (κ3) is 13.9. The number of unbranched alkanes of at least 4 members (excludes halogenated alkanes) is 2. The zero-order valence-electron chi connectivity index (χ0n) is 15.9. The number of rotatable bonds is 14. The number of carbonyl (C=O) groups is 1. The minimum absolute atomic E-state index is 0.115. The molecule has 0 aliphatic heterocycles. The van der Waals surface area contributed by atoms with Crippen molar-refractivity contribution in [3.63, 3.8) is 0 Å². The van der Waals surface area contributed by atoms with Crippen LogP contribution in [0.15, 0.2) is 0 Å². The fourth-order valence-corrected chi connectivity index (χ4v) is 9.33. The van der Waals surface area contributed by atoms with Gasteiger partial charge in [0.1, 0.15) is 6.61 Å². The maximum absolute atomic E-state index is 11.4. The zero-order chi connectivity index (χ0) is 17.8. The van der Waals surface area contributed by atoms with Gasteiger partial charge in [0.05, 0.1) is 6.61 Å². The Morgan fingerprint density at radius 2 is 1.65 bits per heavy atom. The Balaban J connectivity index is 3.60. The lowest BCUT2D eigenvalue weighted by molar-refractivity contribution is -0.145. The van der Waals surface area contributed by atoms with Gasteiger partial charge in [-0.2, -0.15) is 0 Å². The summed E-state index contributed by atoms with van der Waals surface area (Å²) in [4.78, 5) is 11.4. The Morgan fingerprint density at radius 1 is 0.957 bits per heavy atom. The summed E-state index contributed by atoms with van der Waals surface area (Å²) >= 11 is 0. The quantitative estimate of drug-likeness (QED) is 0.264. The van der Waals surface area contributed by atoms with E-state index in [9.17, 15) is 4.79 Å². The molecular weight excluding hydrogens is 328 g/mol. The van der Waals surface area contributed by atoms with E-state index in [0.29, 0.717) is 26.2 Å². The van der Waals surface area contributed by atoms with Gasteiger partial charge in [-0.25, -0.2) is 0 Å². The molecule has 0 saturated carbocycles. The second-order valence-electron chi connectivity index (χ2n) is 6.86. The van der Waals surface area contributed by atoms with Gasteiger partial charge < -0.3 is 18.0 Å². The first-order valence-electron chi connectivity index (χ1n) is 8.71. The standard InChI is InChI=1S/C16H36O5Si2/c1-7-8-9-11-16(17)20-14-13-19-12-10-15-22(3,4)21-23(5,6)18-2/h7-15H2,1-6H3. The van der Waals surface area contributed by atoms with E-state index in [1.165, 1.54) is 0 Å². The molecule has 0 fully saturated rings. The molecule has 7 heteroatoms. The molecule has 0 aliphatic carbocycles. The minimum atomic E-state index is -1.96. The Kier molecular flexibility index (Phi) is 12.1. The third-order valence-corrected chi connectivity index (χ3v) is 10.3. The molecule has 0 unspecified atom stereocenters. The fraction of sp³-hybridized carbons (Fsp3) is 0.938. The van der Waals surface area contributed by atoms with E-state index in [-0.39, 0.29) is 5.97 Å². The number of hydrogen-bond donors (Lipinski definition) is 0. The van der Waals surface area contributed by atoms with Crippen LogP contribution in [0.25, 0.3) is 0 Å². The largest absolute Gasteiger partial charge is 0.463 e. The molecular formula is C16H36O5Si2. The maximum atomic E-state index is 11.4. The third-order valence-electron chi connectivity index (χ3n) is 3.56. The van der Waals surface area contributed by atoms with Gasteiger partial charge in [0, 0.05) is 20.1 Å². The lowest BCUT2D eigenvalue weighted by Crippen LogP contribution is -2.45. The molecule has 0 bridgehead atoms. The lowest BCUT2D eigenvalue weighted by atomic mass is 10.2. The first-order valence-corrected chi connectivity index (χ1v) is 14.6. The van der Waals surface area contributed by atoms with Crippen LogP contribution >= 0.6 is 0 Å². The summed E-state index contributed by atoms with van der Waals surface area (Å²) in [6.45, 7) is 12.2. The van der Waals surface area contributed by atoms with Gasteiger partial charge in [-0.1, -0.05) is 19.8 Å². The van der Waals surface area contributed by atoms with Crippen LogP contribution in [0, 0.1) is 0 Å². The van der Waals surface area contributed by atoms with Crippen molar-refractivity contribution in [2.24, 2.45) is 0 Å². The number of carbonyl (C=O) groups excluding carboxylic acids is 1. The van der Waals surface area contributed by atoms with Gasteiger partial charge in [-0.15, -0.1) is 0 Å². The highest BCUT2D eigenvalue weighted by atomic mass is 28.4. The molecule has 0 aliphatic rings. The minimum Gasteiger partial charge on any atom is -0.463 e. The number of ether oxygens (including phenoxy) is 2. The second kappa shape index (κ2) is 12.2. The van der Waals surface area contributed by atoms with Crippen LogP contribution in [0.5, 0.6) is 0 Å². The molecule has 0 amide bonds. The molecule has 138 valence electrons. The molecule has 0 radical (unpaired) electrons. The Bertz CT molecular complexity index is 322. The summed E-state index contributed by atoms with van der Waals surface area (Å²) in [6, 6.07) is 1.05. The molecule has 0 heterocycles. The number of esters is 1. The van der Waals surface area contributed by atoms with Gasteiger partial charge in [0.15, 0.2) is 8.32 Å². The van der Waals surface area contributed by atoms with Crippen molar-refractivity contribution in [3.05, 3.63) is 0 Å². The smallest absolute Gasteiger partial charge is 0.321 e. The van der Waals surface area contributed by atoms with Crippen LogP contribution in [-0.4, -0.2) is 49.8 Å². The van der Waals surface area contributed by atoms with Crippen LogP contribution in [0.1, 0.15) is 39.0 Å².